The van der Waals surface area contributed by atoms with E-state index >= 15 is 0 Å². The van der Waals surface area contributed by atoms with Crippen molar-refractivity contribution in [2.24, 2.45) is 0 Å². The second-order valence-corrected chi connectivity index (χ2v) is 7.05. The molecule has 0 unspecified atom stereocenters. The average Bonchev–Trinajstić information content (AvgIpc) is 3.28. The first-order valence-corrected chi connectivity index (χ1v) is 9.11. The van der Waals surface area contributed by atoms with Crippen molar-refractivity contribution in [3.63, 3.8) is 0 Å². The van der Waals surface area contributed by atoms with Gasteiger partial charge in [0.25, 0.3) is 0 Å². The Morgan fingerprint density at radius 1 is 1.16 bits per heavy atom. The molecule has 1 aromatic carbocycles. The number of pyridine rings is 1. The molecule has 4 rings (SSSR count). The van der Waals surface area contributed by atoms with Crippen LogP contribution in [0.25, 0.3) is 32.9 Å². The molecule has 5 heteroatoms. The number of fused-ring (bicyclic) bond motifs is 1. The van der Waals surface area contributed by atoms with Crippen LogP contribution in [-0.4, -0.2) is 21.6 Å². The highest BCUT2D eigenvalue weighted by molar-refractivity contribution is 7.13. The fourth-order valence-corrected chi connectivity index (χ4v) is 3.77. The van der Waals surface area contributed by atoms with Crippen molar-refractivity contribution in [2.75, 3.05) is 7.11 Å². The molecule has 4 aromatic rings. The lowest BCUT2D eigenvalue weighted by atomic mass is 10.1. The number of para-hydroxylation sites is 1. The van der Waals surface area contributed by atoms with Crippen molar-refractivity contribution >= 4 is 22.4 Å². The topological polar surface area (TPSA) is 39.9 Å². The van der Waals surface area contributed by atoms with E-state index in [0.717, 1.165) is 38.6 Å². The van der Waals surface area contributed by atoms with E-state index in [2.05, 4.69) is 47.1 Å². The summed E-state index contributed by atoms with van der Waals surface area (Å²) in [4.78, 5) is 9.46. The van der Waals surface area contributed by atoms with Crippen LogP contribution in [0.3, 0.4) is 0 Å². The summed E-state index contributed by atoms with van der Waals surface area (Å²) < 4.78 is 7.63. The van der Waals surface area contributed by atoms with Crippen LogP contribution in [0.2, 0.25) is 0 Å². The summed E-state index contributed by atoms with van der Waals surface area (Å²) in [6, 6.07) is 12.6. The molecule has 0 amide bonds. The van der Waals surface area contributed by atoms with E-state index in [1.165, 1.54) is 0 Å². The van der Waals surface area contributed by atoms with E-state index in [0.29, 0.717) is 6.04 Å². The zero-order chi connectivity index (χ0) is 17.4. The minimum Gasteiger partial charge on any atom is -0.496 e. The van der Waals surface area contributed by atoms with Gasteiger partial charge < -0.3 is 9.30 Å². The molecule has 0 spiro atoms. The number of thiazole rings is 1. The SMILES string of the molecule is COc1ccccc1-c1csc(-c2cnc3c(ccn3C(C)C)c2)n1. The highest BCUT2D eigenvalue weighted by atomic mass is 32.1. The van der Waals surface area contributed by atoms with Crippen molar-refractivity contribution in [1.82, 2.24) is 14.5 Å². The molecule has 4 nitrogen and oxygen atoms in total. The fraction of sp³-hybridized carbons (Fsp3) is 0.200. The van der Waals surface area contributed by atoms with Gasteiger partial charge in [-0.2, -0.15) is 0 Å². The minimum atomic E-state index is 0.396. The van der Waals surface area contributed by atoms with Crippen molar-refractivity contribution in [1.29, 1.82) is 0 Å². The number of methoxy groups -OCH3 is 1. The summed E-state index contributed by atoms with van der Waals surface area (Å²) in [6.45, 7) is 4.32. The zero-order valence-electron chi connectivity index (χ0n) is 14.4. The highest BCUT2D eigenvalue weighted by Crippen LogP contribution is 2.34. The molecule has 3 heterocycles. The van der Waals surface area contributed by atoms with Gasteiger partial charge in [-0.25, -0.2) is 9.97 Å². The first kappa shape index (κ1) is 15.8. The molecule has 25 heavy (non-hydrogen) atoms. The van der Waals surface area contributed by atoms with Crippen LogP contribution in [0, 0.1) is 0 Å². The van der Waals surface area contributed by atoms with E-state index in [4.69, 9.17) is 9.72 Å². The van der Waals surface area contributed by atoms with E-state index in [-0.39, 0.29) is 0 Å². The first-order valence-electron chi connectivity index (χ1n) is 8.23. The van der Waals surface area contributed by atoms with Gasteiger partial charge in [-0.3, -0.25) is 0 Å². The smallest absolute Gasteiger partial charge is 0.140 e. The van der Waals surface area contributed by atoms with Crippen molar-refractivity contribution < 1.29 is 4.74 Å². The predicted molar refractivity (Wildman–Crippen MR) is 103 cm³/mol. The van der Waals surface area contributed by atoms with Crippen LogP contribution in [-0.2, 0) is 0 Å². The molecule has 0 aliphatic carbocycles. The Balaban J connectivity index is 1.74. The van der Waals surface area contributed by atoms with Crippen LogP contribution < -0.4 is 4.74 Å². The largest absolute Gasteiger partial charge is 0.496 e. The summed E-state index contributed by atoms with van der Waals surface area (Å²) in [6.07, 6.45) is 4.00. The van der Waals surface area contributed by atoms with E-state index < -0.39 is 0 Å². The second kappa shape index (κ2) is 6.33. The van der Waals surface area contributed by atoms with Crippen LogP contribution in [0.4, 0.5) is 0 Å². The van der Waals surface area contributed by atoms with Crippen LogP contribution in [0.15, 0.2) is 54.2 Å². The first-order chi connectivity index (χ1) is 12.2. The van der Waals surface area contributed by atoms with Crippen molar-refractivity contribution in [2.45, 2.75) is 19.9 Å². The lowest BCUT2D eigenvalue weighted by Gasteiger charge is -2.08. The Morgan fingerprint density at radius 2 is 2.00 bits per heavy atom. The monoisotopic (exact) mass is 349 g/mol. The van der Waals surface area contributed by atoms with Gasteiger partial charge in [-0.05, 0) is 38.1 Å². The molecule has 0 aliphatic rings. The Morgan fingerprint density at radius 3 is 2.80 bits per heavy atom. The molecular formula is C20H19N3OS. The van der Waals surface area contributed by atoms with Gasteiger partial charge in [-0.15, -0.1) is 11.3 Å². The molecular weight excluding hydrogens is 330 g/mol. The van der Waals surface area contributed by atoms with E-state index in [1.807, 2.05) is 30.5 Å². The summed E-state index contributed by atoms with van der Waals surface area (Å²) >= 11 is 1.62. The maximum absolute atomic E-state index is 5.45. The number of ether oxygens (including phenoxy) is 1. The zero-order valence-corrected chi connectivity index (χ0v) is 15.2. The third-order valence-electron chi connectivity index (χ3n) is 4.24. The molecule has 0 fully saturated rings. The maximum Gasteiger partial charge on any atom is 0.140 e. The van der Waals surface area contributed by atoms with Gasteiger partial charge in [0, 0.05) is 40.3 Å². The van der Waals surface area contributed by atoms with Crippen LogP contribution in [0.5, 0.6) is 5.75 Å². The van der Waals surface area contributed by atoms with Gasteiger partial charge in [0.15, 0.2) is 0 Å². The molecule has 0 saturated carbocycles. The third-order valence-corrected chi connectivity index (χ3v) is 5.14. The molecule has 0 atom stereocenters. The number of hydrogen-bond donors (Lipinski definition) is 0. The lowest BCUT2D eigenvalue weighted by Crippen LogP contribution is -1.99. The van der Waals surface area contributed by atoms with Crippen LogP contribution in [0.1, 0.15) is 19.9 Å². The number of benzene rings is 1. The standard InChI is InChI=1S/C20H19N3OS/c1-13(2)23-9-8-14-10-15(11-21-19(14)23)20-22-17(12-25-20)16-6-4-5-7-18(16)24-3/h4-13H,1-3H3. The van der Waals surface area contributed by atoms with Gasteiger partial charge in [-0.1, -0.05) is 12.1 Å². The molecule has 0 saturated heterocycles. The highest BCUT2D eigenvalue weighted by Gasteiger charge is 2.12. The fourth-order valence-electron chi connectivity index (χ4n) is 2.96. The summed E-state index contributed by atoms with van der Waals surface area (Å²) in [5, 5.41) is 4.17. The minimum absolute atomic E-state index is 0.396. The number of aromatic nitrogens is 3. The van der Waals surface area contributed by atoms with Crippen molar-refractivity contribution in [3.8, 4) is 27.6 Å². The Bertz CT molecular complexity index is 1030. The molecule has 126 valence electrons. The lowest BCUT2D eigenvalue weighted by molar-refractivity contribution is 0.416. The third kappa shape index (κ3) is 2.81. The normalized spacial score (nSPS) is 11.4. The van der Waals surface area contributed by atoms with Gasteiger partial charge in [0.1, 0.15) is 16.4 Å². The summed E-state index contributed by atoms with van der Waals surface area (Å²) in [5.41, 5.74) is 3.99. The number of rotatable bonds is 4. The van der Waals surface area contributed by atoms with Gasteiger partial charge in [0.2, 0.25) is 0 Å². The summed E-state index contributed by atoms with van der Waals surface area (Å²) in [7, 11) is 1.68. The Labute approximate surface area is 150 Å². The quantitative estimate of drug-likeness (QED) is 0.494. The Hall–Kier alpha value is -2.66. The molecule has 0 N–H and O–H groups in total. The molecule has 0 aliphatic heterocycles. The van der Waals surface area contributed by atoms with Crippen molar-refractivity contribution in [3.05, 3.63) is 54.2 Å². The summed E-state index contributed by atoms with van der Waals surface area (Å²) in [5.74, 6) is 0.835. The Kier molecular flexibility index (Phi) is 4.01. The van der Waals surface area contributed by atoms with Gasteiger partial charge in [0.05, 0.1) is 12.8 Å². The van der Waals surface area contributed by atoms with Gasteiger partial charge >= 0.3 is 0 Å². The molecule has 3 aromatic heterocycles. The second-order valence-electron chi connectivity index (χ2n) is 6.19. The number of hydrogen-bond acceptors (Lipinski definition) is 4. The van der Waals surface area contributed by atoms with Crippen LogP contribution >= 0.6 is 11.3 Å². The van der Waals surface area contributed by atoms with E-state index in [9.17, 15) is 0 Å². The maximum atomic E-state index is 5.45. The number of nitrogens with zero attached hydrogens (tertiary/aromatic N) is 3. The predicted octanol–water partition coefficient (Wildman–Crippen LogP) is 5.42. The van der Waals surface area contributed by atoms with E-state index in [1.54, 1.807) is 18.4 Å². The molecule has 0 bridgehead atoms. The average molecular weight is 349 g/mol. The molecule has 0 radical (unpaired) electrons.